The fourth-order valence-corrected chi connectivity index (χ4v) is 1.43. The van der Waals surface area contributed by atoms with Crippen molar-refractivity contribution in [3.63, 3.8) is 0 Å². The first kappa shape index (κ1) is 11.9. The average molecular weight is 239 g/mol. The number of rotatable bonds is 3. The molecule has 0 fully saturated rings. The zero-order chi connectivity index (χ0) is 13.0. The number of anilines is 1. The number of pyridine rings is 1. The zero-order valence-corrected chi connectivity index (χ0v) is 10.3. The van der Waals surface area contributed by atoms with Crippen LogP contribution in [0, 0.1) is 11.3 Å². The number of nitrogens with zero attached hydrogens (tertiary/aromatic N) is 3. The second-order valence-electron chi connectivity index (χ2n) is 3.97. The molecule has 0 bridgehead atoms. The Morgan fingerprint density at radius 2 is 1.83 bits per heavy atom. The third kappa shape index (κ3) is 2.77. The van der Waals surface area contributed by atoms with Crippen LogP contribution in [-0.4, -0.2) is 19.1 Å². The van der Waals surface area contributed by atoms with Crippen LogP contribution in [-0.2, 0) is 0 Å². The Balaban J connectivity index is 2.18. The molecule has 1 aromatic heterocycles. The van der Waals surface area contributed by atoms with E-state index in [1.165, 1.54) is 0 Å². The van der Waals surface area contributed by atoms with E-state index in [2.05, 4.69) is 11.1 Å². The maximum atomic E-state index is 8.71. The smallest absolute Gasteiger partial charge is 0.221 e. The van der Waals surface area contributed by atoms with Crippen LogP contribution in [0.1, 0.15) is 5.56 Å². The Morgan fingerprint density at radius 1 is 1.11 bits per heavy atom. The van der Waals surface area contributed by atoms with Gasteiger partial charge in [-0.05, 0) is 30.3 Å². The van der Waals surface area contributed by atoms with E-state index >= 15 is 0 Å². The third-order valence-electron chi connectivity index (χ3n) is 2.37. The predicted octanol–water partition coefficient (Wildman–Crippen LogP) is 2.81. The molecular weight excluding hydrogens is 226 g/mol. The second-order valence-corrected chi connectivity index (χ2v) is 3.97. The van der Waals surface area contributed by atoms with Gasteiger partial charge >= 0.3 is 0 Å². The van der Waals surface area contributed by atoms with E-state index in [1.54, 1.807) is 30.3 Å². The summed E-state index contributed by atoms with van der Waals surface area (Å²) >= 11 is 0. The van der Waals surface area contributed by atoms with Gasteiger partial charge in [0.2, 0.25) is 5.88 Å². The van der Waals surface area contributed by atoms with E-state index in [9.17, 15) is 0 Å². The summed E-state index contributed by atoms with van der Waals surface area (Å²) in [6.45, 7) is 0. The lowest BCUT2D eigenvalue weighted by Crippen LogP contribution is -2.10. The first-order chi connectivity index (χ1) is 8.69. The summed E-state index contributed by atoms with van der Waals surface area (Å²) in [5.74, 6) is 2.03. The minimum atomic E-state index is 0.533. The maximum absolute atomic E-state index is 8.71. The number of aromatic nitrogens is 1. The number of hydrogen-bond donors (Lipinski definition) is 0. The molecule has 0 saturated heterocycles. The summed E-state index contributed by atoms with van der Waals surface area (Å²) in [5, 5.41) is 8.71. The predicted molar refractivity (Wildman–Crippen MR) is 69.8 cm³/mol. The molecule has 0 radical (unpaired) electrons. The van der Waals surface area contributed by atoms with Crippen LogP contribution in [0.15, 0.2) is 42.5 Å². The number of hydrogen-bond acceptors (Lipinski definition) is 4. The first-order valence-corrected chi connectivity index (χ1v) is 5.51. The largest absolute Gasteiger partial charge is 0.439 e. The lowest BCUT2D eigenvalue weighted by atomic mass is 10.2. The molecule has 0 aliphatic carbocycles. The molecule has 0 amide bonds. The highest BCUT2D eigenvalue weighted by molar-refractivity contribution is 5.40. The molecule has 0 unspecified atom stereocenters. The molecule has 18 heavy (non-hydrogen) atoms. The van der Waals surface area contributed by atoms with Crippen molar-refractivity contribution in [2.45, 2.75) is 0 Å². The molecule has 1 heterocycles. The van der Waals surface area contributed by atoms with Crippen molar-refractivity contribution in [2.24, 2.45) is 0 Å². The first-order valence-electron chi connectivity index (χ1n) is 5.51. The van der Waals surface area contributed by atoms with Gasteiger partial charge in [-0.15, -0.1) is 0 Å². The van der Waals surface area contributed by atoms with Gasteiger partial charge in [-0.25, -0.2) is 0 Å². The Kier molecular flexibility index (Phi) is 3.44. The number of nitriles is 1. The summed E-state index contributed by atoms with van der Waals surface area (Å²) in [5.41, 5.74) is 0.609. The van der Waals surface area contributed by atoms with Gasteiger partial charge in [-0.1, -0.05) is 6.07 Å². The Bertz CT molecular complexity index is 570. The monoisotopic (exact) mass is 239 g/mol. The molecule has 1 aromatic carbocycles. The van der Waals surface area contributed by atoms with E-state index in [0.29, 0.717) is 17.2 Å². The molecule has 0 aliphatic rings. The van der Waals surface area contributed by atoms with E-state index < -0.39 is 0 Å². The van der Waals surface area contributed by atoms with Crippen LogP contribution in [0.4, 0.5) is 5.82 Å². The maximum Gasteiger partial charge on any atom is 0.221 e. The van der Waals surface area contributed by atoms with Gasteiger partial charge in [0.15, 0.2) is 0 Å². The van der Waals surface area contributed by atoms with Crippen molar-refractivity contribution >= 4 is 5.82 Å². The molecule has 0 saturated carbocycles. The summed E-state index contributed by atoms with van der Waals surface area (Å²) in [6.07, 6.45) is 0. The van der Waals surface area contributed by atoms with E-state index in [1.807, 2.05) is 31.1 Å². The molecule has 90 valence electrons. The van der Waals surface area contributed by atoms with Crippen molar-refractivity contribution in [1.82, 2.24) is 4.98 Å². The van der Waals surface area contributed by atoms with Crippen LogP contribution >= 0.6 is 0 Å². The van der Waals surface area contributed by atoms with Crippen molar-refractivity contribution in [1.29, 1.82) is 5.26 Å². The van der Waals surface area contributed by atoms with Gasteiger partial charge in [-0.2, -0.15) is 10.2 Å². The number of ether oxygens (including phenoxy) is 1. The normalized spacial score (nSPS) is 9.61. The van der Waals surface area contributed by atoms with E-state index in [0.717, 1.165) is 5.82 Å². The fourth-order valence-electron chi connectivity index (χ4n) is 1.43. The highest BCUT2D eigenvalue weighted by Gasteiger charge is 2.02. The van der Waals surface area contributed by atoms with E-state index in [-0.39, 0.29) is 0 Å². The molecule has 0 N–H and O–H groups in total. The lowest BCUT2D eigenvalue weighted by molar-refractivity contribution is 0.463. The summed E-state index contributed by atoms with van der Waals surface area (Å²) in [4.78, 5) is 6.26. The van der Waals surface area contributed by atoms with Gasteiger partial charge in [0.1, 0.15) is 11.6 Å². The van der Waals surface area contributed by atoms with Gasteiger partial charge in [0, 0.05) is 20.2 Å². The van der Waals surface area contributed by atoms with Crippen LogP contribution in [0.5, 0.6) is 11.6 Å². The summed E-state index contributed by atoms with van der Waals surface area (Å²) in [6, 6.07) is 14.6. The molecule has 2 rings (SSSR count). The van der Waals surface area contributed by atoms with Gasteiger partial charge in [0.25, 0.3) is 0 Å². The highest BCUT2D eigenvalue weighted by Crippen LogP contribution is 2.21. The van der Waals surface area contributed by atoms with Gasteiger partial charge in [-0.3, -0.25) is 0 Å². The molecular formula is C14H13N3O. The minimum Gasteiger partial charge on any atom is -0.439 e. The topological polar surface area (TPSA) is 49.1 Å². The summed E-state index contributed by atoms with van der Waals surface area (Å²) in [7, 11) is 3.85. The highest BCUT2D eigenvalue weighted by atomic mass is 16.5. The van der Waals surface area contributed by atoms with Crippen molar-refractivity contribution < 1.29 is 4.74 Å². The average Bonchev–Trinajstić information content (AvgIpc) is 2.40. The van der Waals surface area contributed by atoms with Crippen LogP contribution in [0.3, 0.4) is 0 Å². The third-order valence-corrected chi connectivity index (χ3v) is 2.37. The molecule has 0 spiro atoms. The van der Waals surface area contributed by atoms with Crippen molar-refractivity contribution in [3.05, 3.63) is 48.0 Å². The SMILES string of the molecule is CN(C)c1cccc(Oc2ccc(C#N)cc2)n1. The van der Waals surface area contributed by atoms with Crippen LogP contribution in [0.2, 0.25) is 0 Å². The van der Waals surface area contributed by atoms with Gasteiger partial charge in [0.05, 0.1) is 11.6 Å². The molecule has 0 aliphatic heterocycles. The summed E-state index contributed by atoms with van der Waals surface area (Å²) < 4.78 is 5.62. The van der Waals surface area contributed by atoms with Crippen molar-refractivity contribution in [2.75, 3.05) is 19.0 Å². The van der Waals surface area contributed by atoms with Crippen LogP contribution in [0.25, 0.3) is 0 Å². The molecule has 4 nitrogen and oxygen atoms in total. The molecule has 2 aromatic rings. The van der Waals surface area contributed by atoms with Crippen molar-refractivity contribution in [3.8, 4) is 17.7 Å². The number of benzene rings is 1. The minimum absolute atomic E-state index is 0.533. The zero-order valence-electron chi connectivity index (χ0n) is 10.3. The standard InChI is InChI=1S/C14H13N3O/c1-17(2)13-4-3-5-14(16-13)18-12-8-6-11(10-15)7-9-12/h3-9H,1-2H3. The van der Waals surface area contributed by atoms with Gasteiger partial charge < -0.3 is 9.64 Å². The Hall–Kier alpha value is -2.54. The van der Waals surface area contributed by atoms with Crippen LogP contribution < -0.4 is 9.64 Å². The molecule has 4 heteroatoms. The second kappa shape index (κ2) is 5.19. The molecule has 0 atom stereocenters. The Morgan fingerprint density at radius 3 is 2.44 bits per heavy atom. The van der Waals surface area contributed by atoms with E-state index in [4.69, 9.17) is 10.00 Å². The lowest BCUT2D eigenvalue weighted by Gasteiger charge is -2.12. The Labute approximate surface area is 106 Å². The quantitative estimate of drug-likeness (QED) is 0.826. The fraction of sp³-hybridized carbons (Fsp3) is 0.143.